The number of nitrogens with zero attached hydrogens (tertiary/aromatic N) is 1. The van der Waals surface area contributed by atoms with E-state index in [1.54, 1.807) is 0 Å². The van der Waals surface area contributed by atoms with E-state index >= 15 is 0 Å². The van der Waals surface area contributed by atoms with E-state index in [-0.39, 0.29) is 18.1 Å². The molecule has 0 fully saturated rings. The predicted molar refractivity (Wildman–Crippen MR) is 56.1 cm³/mol. The van der Waals surface area contributed by atoms with Crippen LogP contribution in [-0.4, -0.2) is 23.0 Å². The summed E-state index contributed by atoms with van der Waals surface area (Å²) in [5.41, 5.74) is 1.19. The molecule has 1 aliphatic rings. The number of aliphatic hydroxyl groups is 1. The van der Waals surface area contributed by atoms with Gasteiger partial charge in [-0.15, -0.1) is 0 Å². The van der Waals surface area contributed by atoms with Crippen LogP contribution in [-0.2, 0) is 0 Å². The largest absolute Gasteiger partial charge is 0.390 e. The number of hydrogen-bond acceptors (Lipinski definition) is 2. The molecule has 1 heterocycles. The standard InChI is InChI=1S/C11H21NO/c1-6(2)9-8(5)11(13)10(12-9)7(3)4/h6-8,10-11,13H,1-5H3/t8-,10?,11-/m0/s1. The minimum atomic E-state index is -0.266. The zero-order valence-corrected chi connectivity index (χ0v) is 9.28. The van der Waals surface area contributed by atoms with Crippen LogP contribution < -0.4 is 0 Å². The Morgan fingerprint density at radius 1 is 1.23 bits per heavy atom. The minimum absolute atomic E-state index is 0.118. The molecule has 0 aliphatic carbocycles. The molecule has 1 N–H and O–H groups in total. The minimum Gasteiger partial charge on any atom is -0.390 e. The number of aliphatic hydroxyl groups excluding tert-OH is 1. The Balaban J connectivity index is 2.82. The summed E-state index contributed by atoms with van der Waals surface area (Å²) >= 11 is 0. The molecule has 0 aromatic rings. The van der Waals surface area contributed by atoms with Crippen LogP contribution in [0.1, 0.15) is 34.6 Å². The van der Waals surface area contributed by atoms with Gasteiger partial charge in [0, 0.05) is 11.6 Å². The Morgan fingerprint density at radius 3 is 2.00 bits per heavy atom. The Morgan fingerprint density at radius 2 is 1.77 bits per heavy atom. The van der Waals surface area contributed by atoms with Gasteiger partial charge >= 0.3 is 0 Å². The van der Waals surface area contributed by atoms with Crippen molar-refractivity contribution >= 4 is 5.71 Å². The van der Waals surface area contributed by atoms with E-state index in [0.29, 0.717) is 11.8 Å². The molecule has 0 saturated carbocycles. The highest BCUT2D eigenvalue weighted by molar-refractivity contribution is 5.90. The first-order chi connectivity index (χ1) is 5.95. The predicted octanol–water partition coefficient (Wildman–Crippen LogP) is 2.12. The average molecular weight is 183 g/mol. The van der Waals surface area contributed by atoms with Gasteiger partial charge in [0.1, 0.15) is 0 Å². The van der Waals surface area contributed by atoms with Crippen LogP contribution in [0.15, 0.2) is 4.99 Å². The molecular formula is C11H21NO. The van der Waals surface area contributed by atoms with Crippen LogP contribution in [0.25, 0.3) is 0 Å². The fraction of sp³-hybridized carbons (Fsp3) is 0.909. The van der Waals surface area contributed by atoms with Gasteiger partial charge in [0.2, 0.25) is 0 Å². The lowest BCUT2D eigenvalue weighted by Crippen LogP contribution is -2.31. The van der Waals surface area contributed by atoms with Crippen molar-refractivity contribution in [2.24, 2.45) is 22.7 Å². The third-order valence-corrected chi connectivity index (χ3v) is 2.90. The van der Waals surface area contributed by atoms with Crippen molar-refractivity contribution in [3.63, 3.8) is 0 Å². The second kappa shape index (κ2) is 3.79. The third kappa shape index (κ3) is 1.93. The number of aliphatic imine (C=N–C) groups is 1. The van der Waals surface area contributed by atoms with Gasteiger partial charge in [0.25, 0.3) is 0 Å². The van der Waals surface area contributed by atoms with Crippen LogP contribution in [0.3, 0.4) is 0 Å². The molecule has 2 heteroatoms. The summed E-state index contributed by atoms with van der Waals surface area (Å²) in [7, 11) is 0. The molecule has 1 aliphatic heterocycles. The van der Waals surface area contributed by atoms with Crippen LogP contribution in [0, 0.1) is 17.8 Å². The second-order valence-corrected chi connectivity index (χ2v) is 4.72. The summed E-state index contributed by atoms with van der Waals surface area (Å²) in [5, 5.41) is 9.93. The van der Waals surface area contributed by atoms with Gasteiger partial charge in [-0.2, -0.15) is 0 Å². The molecule has 0 bridgehead atoms. The van der Waals surface area contributed by atoms with E-state index in [1.165, 1.54) is 5.71 Å². The van der Waals surface area contributed by atoms with Crippen molar-refractivity contribution < 1.29 is 5.11 Å². The summed E-state index contributed by atoms with van der Waals surface area (Å²) in [4.78, 5) is 4.62. The molecular weight excluding hydrogens is 162 g/mol. The molecule has 0 aromatic carbocycles. The van der Waals surface area contributed by atoms with E-state index < -0.39 is 0 Å². The molecule has 0 amide bonds. The highest BCUT2D eigenvalue weighted by atomic mass is 16.3. The molecule has 76 valence electrons. The molecule has 0 aromatic heterocycles. The van der Waals surface area contributed by atoms with Gasteiger partial charge in [-0.25, -0.2) is 0 Å². The first kappa shape index (κ1) is 10.7. The van der Waals surface area contributed by atoms with Gasteiger partial charge < -0.3 is 5.11 Å². The van der Waals surface area contributed by atoms with Gasteiger partial charge in [0.05, 0.1) is 12.1 Å². The smallest absolute Gasteiger partial charge is 0.0843 e. The maximum atomic E-state index is 9.93. The lowest BCUT2D eigenvalue weighted by atomic mass is 9.89. The Kier molecular flexibility index (Phi) is 3.12. The third-order valence-electron chi connectivity index (χ3n) is 2.90. The van der Waals surface area contributed by atoms with Gasteiger partial charge in [0.15, 0.2) is 0 Å². The van der Waals surface area contributed by atoms with Crippen LogP contribution >= 0.6 is 0 Å². The Bertz CT molecular complexity index is 208. The van der Waals surface area contributed by atoms with E-state index in [4.69, 9.17) is 0 Å². The van der Waals surface area contributed by atoms with Crippen molar-refractivity contribution in [3.05, 3.63) is 0 Å². The fourth-order valence-corrected chi connectivity index (χ4v) is 2.06. The lowest BCUT2D eigenvalue weighted by Gasteiger charge is -2.19. The second-order valence-electron chi connectivity index (χ2n) is 4.72. The van der Waals surface area contributed by atoms with Crippen molar-refractivity contribution in [2.45, 2.75) is 46.8 Å². The number of hydrogen-bond donors (Lipinski definition) is 1. The maximum absolute atomic E-state index is 9.93. The zero-order valence-electron chi connectivity index (χ0n) is 9.28. The molecule has 0 spiro atoms. The molecule has 13 heavy (non-hydrogen) atoms. The maximum Gasteiger partial charge on any atom is 0.0843 e. The molecule has 0 saturated heterocycles. The highest BCUT2D eigenvalue weighted by Crippen LogP contribution is 2.28. The van der Waals surface area contributed by atoms with E-state index in [9.17, 15) is 5.11 Å². The van der Waals surface area contributed by atoms with Crippen molar-refractivity contribution in [1.82, 2.24) is 0 Å². The van der Waals surface area contributed by atoms with E-state index in [2.05, 4.69) is 39.6 Å². The quantitative estimate of drug-likeness (QED) is 0.698. The van der Waals surface area contributed by atoms with E-state index in [0.717, 1.165) is 0 Å². The molecule has 1 unspecified atom stereocenters. The van der Waals surface area contributed by atoms with Crippen molar-refractivity contribution in [3.8, 4) is 0 Å². The monoisotopic (exact) mass is 183 g/mol. The summed E-state index contributed by atoms with van der Waals surface area (Å²) in [6.07, 6.45) is -0.266. The summed E-state index contributed by atoms with van der Waals surface area (Å²) in [6.45, 7) is 10.6. The summed E-state index contributed by atoms with van der Waals surface area (Å²) in [5.74, 6) is 1.15. The average Bonchev–Trinajstić information content (AvgIpc) is 2.29. The Hall–Kier alpha value is -0.370. The zero-order chi connectivity index (χ0) is 10.2. The lowest BCUT2D eigenvalue weighted by molar-refractivity contribution is 0.112. The molecule has 3 atom stereocenters. The SMILES string of the molecule is CC(C)C1=NC(C(C)C)[C@@H](O)[C@H]1C. The van der Waals surface area contributed by atoms with Crippen molar-refractivity contribution in [1.29, 1.82) is 0 Å². The molecule has 2 nitrogen and oxygen atoms in total. The van der Waals surface area contributed by atoms with Gasteiger partial charge in [-0.3, -0.25) is 4.99 Å². The number of rotatable bonds is 2. The molecule has 1 rings (SSSR count). The first-order valence-corrected chi connectivity index (χ1v) is 5.20. The summed E-state index contributed by atoms with van der Waals surface area (Å²) < 4.78 is 0. The Labute approximate surface area is 81.1 Å². The molecule has 0 radical (unpaired) electrons. The first-order valence-electron chi connectivity index (χ1n) is 5.20. The van der Waals surface area contributed by atoms with Crippen molar-refractivity contribution in [2.75, 3.05) is 0 Å². The normalized spacial score (nSPS) is 34.5. The van der Waals surface area contributed by atoms with E-state index in [1.807, 2.05) is 0 Å². The highest BCUT2D eigenvalue weighted by Gasteiger charge is 2.36. The van der Waals surface area contributed by atoms with Crippen LogP contribution in [0.4, 0.5) is 0 Å². The van der Waals surface area contributed by atoms with Crippen LogP contribution in [0.2, 0.25) is 0 Å². The van der Waals surface area contributed by atoms with Crippen LogP contribution in [0.5, 0.6) is 0 Å². The van der Waals surface area contributed by atoms with Gasteiger partial charge in [-0.05, 0) is 11.8 Å². The topological polar surface area (TPSA) is 32.6 Å². The summed E-state index contributed by atoms with van der Waals surface area (Å²) in [6, 6.07) is 0.118. The fourth-order valence-electron chi connectivity index (χ4n) is 2.06. The van der Waals surface area contributed by atoms with Gasteiger partial charge in [-0.1, -0.05) is 34.6 Å².